The molecule has 0 aromatic carbocycles. The molecular weight excluding hydrogens is 264 g/mol. The topological polar surface area (TPSA) is 54.0 Å². The summed E-state index contributed by atoms with van der Waals surface area (Å²) in [6.07, 6.45) is 2.09. The first-order valence-corrected chi connectivity index (χ1v) is 8.62. The third-order valence-corrected chi connectivity index (χ3v) is 5.65. The number of rotatable bonds is 10. The Morgan fingerprint density at radius 3 is 1.68 bits per heavy atom. The van der Waals surface area contributed by atoms with Crippen molar-refractivity contribution in [3.8, 4) is 0 Å². The van der Waals surface area contributed by atoms with E-state index in [1.807, 2.05) is 27.7 Å². The second-order valence-electron chi connectivity index (χ2n) is 3.63. The monoisotopic (exact) mass is 290 g/mol. The summed E-state index contributed by atoms with van der Waals surface area (Å²) in [5.41, 5.74) is 0. The number of allylic oxidation sites excluding steroid dienone is 1. The zero-order valence-electron chi connectivity index (χ0n) is 12.7. The van der Waals surface area contributed by atoms with Gasteiger partial charge in [-0.25, -0.2) is 4.79 Å². The molecule has 0 aromatic rings. The van der Waals surface area contributed by atoms with E-state index < -0.39 is 8.80 Å². The summed E-state index contributed by atoms with van der Waals surface area (Å²) in [6.45, 7) is 11.2. The summed E-state index contributed by atoms with van der Waals surface area (Å²) < 4.78 is 22.2. The van der Waals surface area contributed by atoms with Gasteiger partial charge in [0.1, 0.15) is 0 Å². The van der Waals surface area contributed by atoms with Crippen LogP contribution < -0.4 is 0 Å². The molecule has 0 saturated carbocycles. The summed E-state index contributed by atoms with van der Waals surface area (Å²) in [5, 5.41) is 0.761. The Morgan fingerprint density at radius 2 is 1.37 bits per heavy atom. The van der Waals surface area contributed by atoms with Crippen molar-refractivity contribution in [2.75, 3.05) is 26.4 Å². The molecule has 5 nitrogen and oxygen atoms in total. The molecule has 0 aromatic heterocycles. The van der Waals surface area contributed by atoms with Crippen LogP contribution in [-0.2, 0) is 22.8 Å². The molecule has 0 amide bonds. The van der Waals surface area contributed by atoms with Crippen LogP contribution in [0.25, 0.3) is 0 Å². The first kappa shape index (κ1) is 18.3. The maximum absolute atomic E-state index is 11.6. The van der Waals surface area contributed by atoms with Gasteiger partial charge in [0.05, 0.1) is 6.61 Å². The van der Waals surface area contributed by atoms with E-state index in [9.17, 15) is 4.79 Å². The molecule has 0 saturated heterocycles. The van der Waals surface area contributed by atoms with Crippen LogP contribution in [0.15, 0.2) is 11.3 Å². The van der Waals surface area contributed by atoms with Crippen molar-refractivity contribution in [1.29, 1.82) is 0 Å². The predicted molar refractivity (Wildman–Crippen MR) is 75.6 cm³/mol. The van der Waals surface area contributed by atoms with Crippen molar-refractivity contribution in [1.82, 2.24) is 0 Å². The summed E-state index contributed by atoms with van der Waals surface area (Å²) in [7, 11) is -2.96. The number of hydrogen-bond donors (Lipinski definition) is 0. The number of ether oxygens (including phenoxy) is 1. The van der Waals surface area contributed by atoms with E-state index >= 15 is 0 Å². The minimum Gasteiger partial charge on any atom is -0.463 e. The van der Waals surface area contributed by atoms with E-state index in [1.54, 1.807) is 6.92 Å². The van der Waals surface area contributed by atoms with Crippen LogP contribution in [0.1, 0.15) is 41.0 Å². The number of esters is 1. The lowest BCUT2D eigenvalue weighted by Gasteiger charge is -2.30. The van der Waals surface area contributed by atoms with Crippen molar-refractivity contribution in [2.45, 2.75) is 41.0 Å². The zero-order valence-corrected chi connectivity index (χ0v) is 13.7. The molecule has 0 fully saturated rings. The zero-order chi connectivity index (χ0) is 14.7. The van der Waals surface area contributed by atoms with Crippen LogP contribution in [0, 0.1) is 0 Å². The van der Waals surface area contributed by atoms with Gasteiger partial charge in [-0.15, -0.1) is 0 Å². The van der Waals surface area contributed by atoms with Gasteiger partial charge in [-0.05, 0) is 34.1 Å². The molecule has 112 valence electrons. The van der Waals surface area contributed by atoms with E-state index in [-0.39, 0.29) is 5.97 Å². The SMILES string of the molecule is CCOC(=O)/C=C(/CC)[Si](OCC)(OCC)OCC. The van der Waals surface area contributed by atoms with E-state index in [0.717, 1.165) is 5.20 Å². The van der Waals surface area contributed by atoms with E-state index in [0.29, 0.717) is 32.8 Å². The molecule has 0 aliphatic rings. The maximum Gasteiger partial charge on any atom is 0.533 e. The van der Waals surface area contributed by atoms with Crippen LogP contribution in [0.2, 0.25) is 0 Å². The largest absolute Gasteiger partial charge is 0.533 e. The first-order chi connectivity index (χ1) is 9.10. The van der Waals surface area contributed by atoms with Crippen LogP contribution in [0.3, 0.4) is 0 Å². The molecule has 19 heavy (non-hydrogen) atoms. The standard InChI is InChI=1S/C13H26O5Si/c1-6-12(11-13(14)15-7-2)19(16-8-3,17-9-4)18-10-5/h11H,6-10H2,1-5H3/b12-11-. The molecule has 0 aliphatic heterocycles. The summed E-state index contributed by atoms with van der Waals surface area (Å²) in [4.78, 5) is 11.6. The molecule has 0 atom stereocenters. The molecule has 0 rings (SSSR count). The first-order valence-electron chi connectivity index (χ1n) is 6.89. The lowest BCUT2D eigenvalue weighted by molar-refractivity contribution is -0.137. The van der Waals surface area contributed by atoms with Crippen molar-refractivity contribution in [3.63, 3.8) is 0 Å². The number of hydrogen-bond acceptors (Lipinski definition) is 5. The lowest BCUT2D eigenvalue weighted by Crippen LogP contribution is -2.48. The van der Waals surface area contributed by atoms with Gasteiger partial charge in [-0.2, -0.15) is 0 Å². The van der Waals surface area contributed by atoms with Gasteiger partial charge in [0.25, 0.3) is 0 Å². The Balaban J connectivity index is 5.29. The Labute approximate surface area is 117 Å². The molecule has 0 bridgehead atoms. The fraction of sp³-hybridized carbons (Fsp3) is 0.769. The lowest BCUT2D eigenvalue weighted by atomic mass is 10.4. The third kappa shape index (κ3) is 5.86. The average Bonchev–Trinajstić information content (AvgIpc) is 2.37. The summed E-state index contributed by atoms with van der Waals surface area (Å²) in [5.74, 6) is -0.379. The molecule has 0 N–H and O–H groups in total. The van der Waals surface area contributed by atoms with Crippen LogP contribution in [0.5, 0.6) is 0 Å². The molecular formula is C13H26O5Si. The third-order valence-electron chi connectivity index (χ3n) is 2.36. The number of carbonyl (C=O) groups is 1. The maximum atomic E-state index is 11.6. The summed E-state index contributed by atoms with van der Waals surface area (Å²) >= 11 is 0. The van der Waals surface area contributed by atoms with Crippen molar-refractivity contribution < 1.29 is 22.8 Å². The molecule has 0 radical (unpaired) electrons. The highest BCUT2D eigenvalue weighted by Crippen LogP contribution is 2.23. The Bertz CT molecular complexity index is 274. The normalized spacial score (nSPS) is 12.6. The molecule has 0 spiro atoms. The number of carbonyl (C=O) groups excluding carboxylic acids is 1. The van der Waals surface area contributed by atoms with Crippen LogP contribution >= 0.6 is 0 Å². The van der Waals surface area contributed by atoms with Gasteiger partial charge >= 0.3 is 14.8 Å². The van der Waals surface area contributed by atoms with E-state index in [4.69, 9.17) is 18.0 Å². The Kier molecular flexibility index (Phi) is 9.77. The Hall–Kier alpha value is -0.693. The van der Waals surface area contributed by atoms with Gasteiger partial charge in [0.15, 0.2) is 0 Å². The van der Waals surface area contributed by atoms with Crippen LogP contribution in [0.4, 0.5) is 0 Å². The fourth-order valence-electron chi connectivity index (χ4n) is 1.71. The quantitative estimate of drug-likeness (QED) is 0.351. The average molecular weight is 290 g/mol. The molecule has 6 heteroatoms. The van der Waals surface area contributed by atoms with E-state index in [2.05, 4.69) is 0 Å². The predicted octanol–water partition coefficient (Wildman–Crippen LogP) is 2.47. The minimum atomic E-state index is -2.96. The second kappa shape index (κ2) is 10.1. The van der Waals surface area contributed by atoms with Crippen molar-refractivity contribution >= 4 is 14.8 Å². The van der Waals surface area contributed by atoms with Crippen molar-refractivity contribution in [3.05, 3.63) is 11.3 Å². The molecule has 0 aliphatic carbocycles. The fourth-order valence-corrected chi connectivity index (χ4v) is 4.38. The highest BCUT2D eigenvalue weighted by atomic mass is 28.4. The van der Waals surface area contributed by atoms with Gasteiger partial charge in [0, 0.05) is 31.1 Å². The van der Waals surface area contributed by atoms with Crippen LogP contribution in [-0.4, -0.2) is 41.2 Å². The van der Waals surface area contributed by atoms with Gasteiger partial charge in [0.2, 0.25) is 0 Å². The highest BCUT2D eigenvalue weighted by Gasteiger charge is 2.44. The van der Waals surface area contributed by atoms with E-state index in [1.165, 1.54) is 6.08 Å². The molecule has 0 unspecified atom stereocenters. The second-order valence-corrected chi connectivity index (χ2v) is 6.25. The Morgan fingerprint density at radius 1 is 0.895 bits per heavy atom. The van der Waals surface area contributed by atoms with Gasteiger partial charge in [-0.3, -0.25) is 0 Å². The van der Waals surface area contributed by atoms with Crippen molar-refractivity contribution in [2.24, 2.45) is 0 Å². The smallest absolute Gasteiger partial charge is 0.463 e. The molecule has 0 heterocycles. The minimum absolute atomic E-state index is 0.346. The van der Waals surface area contributed by atoms with Gasteiger partial charge in [-0.1, -0.05) is 6.92 Å². The highest BCUT2D eigenvalue weighted by molar-refractivity contribution is 6.69. The summed E-state index contributed by atoms with van der Waals surface area (Å²) in [6, 6.07) is 0. The van der Waals surface area contributed by atoms with Gasteiger partial charge < -0.3 is 18.0 Å².